The summed E-state index contributed by atoms with van der Waals surface area (Å²) in [5, 5.41) is 4.61. The summed E-state index contributed by atoms with van der Waals surface area (Å²) in [5.74, 6) is -2.00. The molecule has 0 aromatic heterocycles. The van der Waals surface area contributed by atoms with Crippen LogP contribution in [0.1, 0.15) is 12.0 Å². The topological polar surface area (TPSA) is 84.5 Å². The Morgan fingerprint density at radius 2 is 2.04 bits per heavy atom. The fourth-order valence-corrected chi connectivity index (χ4v) is 3.59. The molecular formula is C19H17FN2O4S. The van der Waals surface area contributed by atoms with Crippen LogP contribution in [0.15, 0.2) is 47.4 Å². The first-order valence-corrected chi connectivity index (χ1v) is 9.08. The Balaban J connectivity index is 1.50. The standard InChI is InChI=1S/C19H17FN2O4S/c1-11-6-7-12(20)8-14(11)21-17(23)10-26-18(24)9-16-19(25)22-13-4-2-3-5-15(13)27-16/h2-8,16H,9-10H2,1H3,(H,21,23)(H,22,25)/t16-/m1/s1. The summed E-state index contributed by atoms with van der Waals surface area (Å²) in [6.07, 6.45) is -0.156. The van der Waals surface area contributed by atoms with E-state index in [9.17, 15) is 18.8 Å². The summed E-state index contributed by atoms with van der Waals surface area (Å²) in [6, 6.07) is 11.3. The molecule has 0 spiro atoms. The Kier molecular flexibility index (Phi) is 5.75. The molecule has 27 heavy (non-hydrogen) atoms. The van der Waals surface area contributed by atoms with Crippen LogP contribution in [0.4, 0.5) is 15.8 Å². The molecule has 0 radical (unpaired) electrons. The van der Waals surface area contributed by atoms with Crippen LogP contribution in [0.5, 0.6) is 0 Å². The highest BCUT2D eigenvalue weighted by atomic mass is 32.2. The lowest BCUT2D eigenvalue weighted by atomic mass is 10.2. The Morgan fingerprint density at radius 1 is 1.26 bits per heavy atom. The Labute approximate surface area is 159 Å². The predicted octanol–water partition coefficient (Wildman–Crippen LogP) is 3.12. The van der Waals surface area contributed by atoms with Crippen molar-refractivity contribution in [1.82, 2.24) is 0 Å². The van der Waals surface area contributed by atoms with Crippen molar-refractivity contribution >= 4 is 40.9 Å². The molecule has 3 rings (SSSR count). The lowest BCUT2D eigenvalue weighted by molar-refractivity contribution is -0.147. The van der Waals surface area contributed by atoms with E-state index in [0.717, 1.165) is 4.90 Å². The number of carbonyl (C=O) groups is 3. The third kappa shape index (κ3) is 4.85. The van der Waals surface area contributed by atoms with Crippen LogP contribution < -0.4 is 10.6 Å². The Bertz CT molecular complexity index is 903. The van der Waals surface area contributed by atoms with Crippen molar-refractivity contribution in [2.75, 3.05) is 17.2 Å². The van der Waals surface area contributed by atoms with Gasteiger partial charge in [-0.1, -0.05) is 18.2 Å². The van der Waals surface area contributed by atoms with Gasteiger partial charge >= 0.3 is 5.97 Å². The highest BCUT2D eigenvalue weighted by Gasteiger charge is 2.29. The van der Waals surface area contributed by atoms with E-state index in [1.54, 1.807) is 13.0 Å². The number of fused-ring (bicyclic) bond motifs is 1. The van der Waals surface area contributed by atoms with Gasteiger partial charge in [0.2, 0.25) is 5.91 Å². The van der Waals surface area contributed by atoms with E-state index in [0.29, 0.717) is 16.9 Å². The van der Waals surface area contributed by atoms with Crippen molar-refractivity contribution < 1.29 is 23.5 Å². The van der Waals surface area contributed by atoms with Crippen molar-refractivity contribution in [2.24, 2.45) is 0 Å². The molecule has 1 aliphatic heterocycles. The zero-order valence-electron chi connectivity index (χ0n) is 14.5. The zero-order chi connectivity index (χ0) is 19.4. The van der Waals surface area contributed by atoms with E-state index in [4.69, 9.17) is 4.74 Å². The molecule has 2 amide bonds. The zero-order valence-corrected chi connectivity index (χ0v) is 15.3. The normalized spacial score (nSPS) is 15.5. The molecule has 2 aromatic rings. The minimum absolute atomic E-state index is 0.156. The number of aryl methyl sites for hydroxylation is 1. The van der Waals surface area contributed by atoms with Crippen molar-refractivity contribution in [3.8, 4) is 0 Å². The molecule has 1 heterocycles. The molecule has 0 aliphatic carbocycles. The lowest BCUT2D eigenvalue weighted by Gasteiger charge is -2.23. The first kappa shape index (κ1) is 18.9. The van der Waals surface area contributed by atoms with Gasteiger partial charge in [0.1, 0.15) is 5.82 Å². The maximum atomic E-state index is 13.2. The van der Waals surface area contributed by atoms with Gasteiger partial charge in [0.25, 0.3) is 5.91 Å². The van der Waals surface area contributed by atoms with E-state index >= 15 is 0 Å². The van der Waals surface area contributed by atoms with Gasteiger partial charge in [-0.25, -0.2) is 4.39 Å². The average Bonchev–Trinajstić information content (AvgIpc) is 2.64. The largest absolute Gasteiger partial charge is 0.456 e. The van der Waals surface area contributed by atoms with Crippen LogP contribution in [0.2, 0.25) is 0 Å². The second kappa shape index (κ2) is 8.22. The number of carbonyl (C=O) groups excluding carboxylic acids is 3. The van der Waals surface area contributed by atoms with E-state index in [2.05, 4.69) is 10.6 Å². The smallest absolute Gasteiger partial charge is 0.307 e. The number of halogens is 1. The van der Waals surface area contributed by atoms with E-state index < -0.39 is 29.6 Å². The maximum Gasteiger partial charge on any atom is 0.307 e. The van der Waals surface area contributed by atoms with Crippen LogP contribution in [0.3, 0.4) is 0 Å². The molecule has 2 N–H and O–H groups in total. The predicted molar refractivity (Wildman–Crippen MR) is 100 cm³/mol. The molecule has 0 fully saturated rings. The number of benzene rings is 2. The Hall–Kier alpha value is -2.87. The fraction of sp³-hybridized carbons (Fsp3) is 0.211. The van der Waals surface area contributed by atoms with E-state index in [-0.39, 0.29) is 12.3 Å². The molecule has 2 aromatic carbocycles. The molecule has 1 aliphatic rings. The number of ether oxygens (including phenoxy) is 1. The second-order valence-corrected chi connectivity index (χ2v) is 7.21. The summed E-state index contributed by atoms with van der Waals surface area (Å²) in [6.45, 7) is 1.21. The van der Waals surface area contributed by atoms with Gasteiger partial charge in [-0.3, -0.25) is 14.4 Å². The monoisotopic (exact) mass is 388 g/mol. The van der Waals surface area contributed by atoms with Crippen molar-refractivity contribution in [1.29, 1.82) is 0 Å². The highest BCUT2D eigenvalue weighted by Crippen LogP contribution is 2.36. The number of hydrogen-bond acceptors (Lipinski definition) is 5. The summed E-state index contributed by atoms with van der Waals surface area (Å²) in [7, 11) is 0. The Morgan fingerprint density at radius 3 is 2.85 bits per heavy atom. The summed E-state index contributed by atoms with van der Waals surface area (Å²) in [4.78, 5) is 36.9. The van der Waals surface area contributed by atoms with Gasteiger partial charge in [0.15, 0.2) is 6.61 Å². The van der Waals surface area contributed by atoms with Gasteiger partial charge in [-0.05, 0) is 36.8 Å². The molecule has 0 saturated heterocycles. The van der Waals surface area contributed by atoms with Gasteiger partial charge in [-0.2, -0.15) is 0 Å². The van der Waals surface area contributed by atoms with Crippen molar-refractivity contribution in [3.05, 3.63) is 53.8 Å². The van der Waals surface area contributed by atoms with E-state index in [1.807, 2.05) is 18.2 Å². The van der Waals surface area contributed by atoms with Crippen molar-refractivity contribution in [3.63, 3.8) is 0 Å². The molecule has 6 nitrogen and oxygen atoms in total. The van der Waals surface area contributed by atoms with Gasteiger partial charge in [0, 0.05) is 10.6 Å². The van der Waals surface area contributed by atoms with Gasteiger partial charge in [-0.15, -0.1) is 11.8 Å². The molecule has 8 heteroatoms. The summed E-state index contributed by atoms with van der Waals surface area (Å²) >= 11 is 1.28. The summed E-state index contributed by atoms with van der Waals surface area (Å²) in [5.41, 5.74) is 1.71. The van der Waals surface area contributed by atoms with E-state index in [1.165, 1.54) is 30.0 Å². The van der Waals surface area contributed by atoms with Crippen LogP contribution in [0.25, 0.3) is 0 Å². The van der Waals surface area contributed by atoms with Crippen LogP contribution in [0, 0.1) is 12.7 Å². The van der Waals surface area contributed by atoms with Crippen molar-refractivity contribution in [2.45, 2.75) is 23.5 Å². The van der Waals surface area contributed by atoms with Crippen LogP contribution >= 0.6 is 11.8 Å². The molecule has 0 unspecified atom stereocenters. The molecule has 140 valence electrons. The number of rotatable bonds is 5. The number of hydrogen-bond donors (Lipinski definition) is 2. The first-order chi connectivity index (χ1) is 12.9. The van der Waals surface area contributed by atoms with Gasteiger partial charge < -0.3 is 15.4 Å². The average molecular weight is 388 g/mol. The lowest BCUT2D eigenvalue weighted by Crippen LogP contribution is -2.32. The molecule has 1 atom stereocenters. The minimum Gasteiger partial charge on any atom is -0.456 e. The molecular weight excluding hydrogens is 371 g/mol. The summed E-state index contributed by atoms with van der Waals surface area (Å²) < 4.78 is 18.2. The number of anilines is 2. The minimum atomic E-state index is -0.659. The number of esters is 1. The van der Waals surface area contributed by atoms with Crippen LogP contribution in [-0.2, 0) is 19.1 Å². The fourth-order valence-electron chi connectivity index (χ4n) is 2.50. The maximum absolute atomic E-state index is 13.2. The quantitative estimate of drug-likeness (QED) is 0.769. The molecule has 0 bridgehead atoms. The number of para-hydroxylation sites is 1. The van der Waals surface area contributed by atoms with Gasteiger partial charge in [0.05, 0.1) is 17.4 Å². The first-order valence-electron chi connectivity index (χ1n) is 8.20. The number of thioether (sulfide) groups is 1. The third-order valence-electron chi connectivity index (χ3n) is 3.90. The number of amides is 2. The van der Waals surface area contributed by atoms with Crippen LogP contribution in [-0.4, -0.2) is 29.6 Å². The third-order valence-corrected chi connectivity index (χ3v) is 5.17. The second-order valence-electron chi connectivity index (χ2n) is 5.96. The molecule has 0 saturated carbocycles. The SMILES string of the molecule is Cc1ccc(F)cc1NC(=O)COC(=O)C[C@H]1Sc2ccccc2NC1=O. The highest BCUT2D eigenvalue weighted by molar-refractivity contribution is 8.01. The number of nitrogens with one attached hydrogen (secondary N) is 2.